The Morgan fingerprint density at radius 2 is 2.28 bits per heavy atom. The van der Waals surface area contributed by atoms with Gasteiger partial charge in [0.05, 0.1) is 6.10 Å². The molecule has 25 heavy (non-hydrogen) atoms. The monoisotopic (exact) mass is 359 g/mol. The molecule has 2 saturated carbocycles. The molecule has 4 rings (SSSR count). The maximum atomic E-state index is 12.3. The van der Waals surface area contributed by atoms with Gasteiger partial charge in [-0.1, -0.05) is 23.8 Å². The van der Waals surface area contributed by atoms with Crippen LogP contribution in [0.2, 0.25) is 0 Å². The summed E-state index contributed by atoms with van der Waals surface area (Å²) in [5.41, 5.74) is 0.897. The molecule has 7 nitrogen and oxygen atoms in total. The van der Waals surface area contributed by atoms with E-state index < -0.39 is 0 Å². The van der Waals surface area contributed by atoms with E-state index in [0.717, 1.165) is 31.6 Å². The number of anilines is 1. The Hall–Kier alpha value is -2.06. The van der Waals surface area contributed by atoms with Crippen molar-refractivity contribution < 1.29 is 9.53 Å². The molecule has 0 bridgehead atoms. The van der Waals surface area contributed by atoms with E-state index in [1.807, 2.05) is 25.1 Å². The lowest BCUT2D eigenvalue weighted by molar-refractivity contribution is -0.169. The number of nitrogens with one attached hydrogen (secondary N) is 2. The van der Waals surface area contributed by atoms with Gasteiger partial charge in [0.2, 0.25) is 5.13 Å². The largest absolute Gasteiger partial charge is 0.378 e. The number of ether oxygens (including phenoxy) is 1. The summed E-state index contributed by atoms with van der Waals surface area (Å²) in [6.07, 6.45) is 6.36. The minimum absolute atomic E-state index is 0.146. The van der Waals surface area contributed by atoms with Gasteiger partial charge in [-0.05, 0) is 38.3 Å². The van der Waals surface area contributed by atoms with Crippen LogP contribution in [0.15, 0.2) is 24.4 Å². The van der Waals surface area contributed by atoms with Gasteiger partial charge >= 0.3 is 6.03 Å². The molecule has 2 amide bonds. The maximum absolute atomic E-state index is 12.3. The van der Waals surface area contributed by atoms with Crippen LogP contribution >= 0.6 is 11.3 Å². The summed E-state index contributed by atoms with van der Waals surface area (Å²) < 4.78 is 5.82. The minimum Gasteiger partial charge on any atom is -0.378 e. The van der Waals surface area contributed by atoms with Crippen molar-refractivity contribution in [3.05, 3.63) is 24.4 Å². The average molecular weight is 359 g/mol. The summed E-state index contributed by atoms with van der Waals surface area (Å²) in [7, 11) is 0. The standard InChI is InChI=1S/C17H21N5O2S/c1-2-24-13-10-12(17(13)7-5-8-17)19-15(23)20-16-22-21-14(25-16)11-6-3-4-9-18-11/h3-4,6,9,12-13H,2,5,7-8,10H2,1H3,(H2,19,20,22,23)/t12-,13+/m0/s1. The Bertz CT molecular complexity index is 747. The molecule has 2 heterocycles. The first kappa shape index (κ1) is 16.4. The number of urea groups is 1. The lowest BCUT2D eigenvalue weighted by Gasteiger charge is -2.60. The molecular weight excluding hydrogens is 338 g/mol. The Labute approximate surface area is 150 Å². The van der Waals surface area contributed by atoms with Gasteiger partial charge in [-0.3, -0.25) is 10.3 Å². The zero-order valence-corrected chi connectivity index (χ0v) is 14.9. The molecule has 0 aromatic carbocycles. The van der Waals surface area contributed by atoms with Gasteiger partial charge in [0.25, 0.3) is 0 Å². The SMILES string of the molecule is CCO[C@@H]1C[C@H](NC(=O)Nc2nnc(-c3ccccn3)s2)C12CCC2. The molecule has 2 atom stereocenters. The highest BCUT2D eigenvalue weighted by Gasteiger charge is 2.59. The third kappa shape index (κ3) is 3.00. The van der Waals surface area contributed by atoms with E-state index in [9.17, 15) is 4.79 Å². The van der Waals surface area contributed by atoms with Crippen molar-refractivity contribution in [2.75, 3.05) is 11.9 Å². The van der Waals surface area contributed by atoms with Crippen molar-refractivity contribution in [2.24, 2.45) is 5.41 Å². The molecule has 2 aliphatic rings. The zero-order valence-electron chi connectivity index (χ0n) is 14.1. The Balaban J connectivity index is 1.35. The summed E-state index contributed by atoms with van der Waals surface area (Å²) in [5.74, 6) is 0. The number of pyridine rings is 1. The fourth-order valence-electron chi connectivity index (χ4n) is 3.80. The molecule has 2 aliphatic carbocycles. The zero-order chi connectivity index (χ0) is 17.3. The molecule has 2 fully saturated rings. The van der Waals surface area contributed by atoms with Crippen molar-refractivity contribution in [1.29, 1.82) is 0 Å². The first-order valence-electron chi connectivity index (χ1n) is 8.65. The van der Waals surface area contributed by atoms with Crippen LogP contribution in [0.25, 0.3) is 10.7 Å². The first-order valence-corrected chi connectivity index (χ1v) is 9.47. The van der Waals surface area contributed by atoms with E-state index in [4.69, 9.17) is 4.74 Å². The second-order valence-corrected chi connectivity index (χ2v) is 7.52. The minimum atomic E-state index is -0.227. The van der Waals surface area contributed by atoms with E-state index >= 15 is 0 Å². The smallest absolute Gasteiger partial charge is 0.321 e. The van der Waals surface area contributed by atoms with Gasteiger partial charge in [0.1, 0.15) is 5.69 Å². The predicted octanol–water partition coefficient (Wildman–Crippen LogP) is 3.07. The van der Waals surface area contributed by atoms with Crippen LogP contribution in [-0.4, -0.2) is 40.0 Å². The Kier molecular flexibility index (Phi) is 4.39. The number of aromatic nitrogens is 3. The van der Waals surface area contributed by atoms with E-state index in [2.05, 4.69) is 25.8 Å². The van der Waals surface area contributed by atoms with Gasteiger partial charge in [0, 0.05) is 24.3 Å². The van der Waals surface area contributed by atoms with Gasteiger partial charge in [-0.15, -0.1) is 10.2 Å². The van der Waals surface area contributed by atoms with Crippen LogP contribution < -0.4 is 10.6 Å². The number of nitrogens with zero attached hydrogens (tertiary/aromatic N) is 3. The number of amides is 2. The number of hydrogen-bond donors (Lipinski definition) is 2. The number of carbonyl (C=O) groups excluding carboxylic acids is 1. The lowest BCUT2D eigenvalue weighted by Crippen LogP contribution is -2.68. The van der Waals surface area contributed by atoms with Crippen molar-refractivity contribution >= 4 is 22.5 Å². The van der Waals surface area contributed by atoms with Crippen LogP contribution in [-0.2, 0) is 4.74 Å². The highest BCUT2D eigenvalue weighted by atomic mass is 32.1. The van der Waals surface area contributed by atoms with Crippen molar-refractivity contribution in [3.63, 3.8) is 0 Å². The van der Waals surface area contributed by atoms with Gasteiger partial charge in [-0.2, -0.15) is 0 Å². The predicted molar refractivity (Wildman–Crippen MR) is 95.4 cm³/mol. The number of rotatable bonds is 5. The molecule has 0 saturated heterocycles. The Morgan fingerprint density at radius 1 is 1.40 bits per heavy atom. The maximum Gasteiger partial charge on any atom is 0.321 e. The highest BCUT2D eigenvalue weighted by molar-refractivity contribution is 7.18. The molecule has 2 aromatic heterocycles. The quantitative estimate of drug-likeness (QED) is 0.856. The van der Waals surface area contributed by atoms with Crippen LogP contribution in [0.1, 0.15) is 32.6 Å². The van der Waals surface area contributed by atoms with E-state index in [0.29, 0.717) is 10.1 Å². The summed E-state index contributed by atoms with van der Waals surface area (Å²) >= 11 is 1.31. The van der Waals surface area contributed by atoms with Crippen LogP contribution in [0.5, 0.6) is 0 Å². The number of carbonyl (C=O) groups is 1. The van der Waals surface area contributed by atoms with Crippen LogP contribution in [0.3, 0.4) is 0 Å². The summed E-state index contributed by atoms with van der Waals surface area (Å²) in [5, 5.41) is 15.2. The van der Waals surface area contributed by atoms with E-state index in [1.54, 1.807) is 6.20 Å². The molecule has 8 heteroatoms. The third-order valence-electron chi connectivity index (χ3n) is 5.27. The normalized spacial score (nSPS) is 23.6. The molecular formula is C17H21N5O2S. The summed E-state index contributed by atoms with van der Waals surface area (Å²) in [6.45, 7) is 2.75. The fourth-order valence-corrected chi connectivity index (χ4v) is 4.51. The van der Waals surface area contributed by atoms with Gasteiger partial charge in [0.15, 0.2) is 5.01 Å². The second kappa shape index (κ2) is 6.68. The second-order valence-electron chi connectivity index (χ2n) is 6.54. The highest BCUT2D eigenvalue weighted by Crippen LogP contribution is 2.57. The number of hydrogen-bond acceptors (Lipinski definition) is 6. The van der Waals surface area contributed by atoms with Crippen molar-refractivity contribution in [2.45, 2.75) is 44.8 Å². The Morgan fingerprint density at radius 3 is 2.96 bits per heavy atom. The molecule has 1 spiro atoms. The van der Waals surface area contributed by atoms with Crippen molar-refractivity contribution in [3.8, 4) is 10.7 Å². The van der Waals surface area contributed by atoms with E-state index in [-0.39, 0.29) is 23.6 Å². The topological polar surface area (TPSA) is 89.0 Å². The molecule has 2 aromatic rings. The van der Waals surface area contributed by atoms with E-state index in [1.165, 1.54) is 17.8 Å². The molecule has 0 radical (unpaired) electrons. The summed E-state index contributed by atoms with van der Waals surface area (Å²) in [4.78, 5) is 16.6. The summed E-state index contributed by atoms with van der Waals surface area (Å²) in [6, 6.07) is 5.57. The van der Waals surface area contributed by atoms with Crippen molar-refractivity contribution in [1.82, 2.24) is 20.5 Å². The molecule has 0 unspecified atom stereocenters. The average Bonchev–Trinajstić information content (AvgIpc) is 3.01. The first-order chi connectivity index (χ1) is 12.2. The third-order valence-corrected chi connectivity index (χ3v) is 6.13. The lowest BCUT2D eigenvalue weighted by atomic mass is 9.51. The molecule has 2 N–H and O–H groups in total. The van der Waals surface area contributed by atoms with Gasteiger partial charge < -0.3 is 10.1 Å². The van der Waals surface area contributed by atoms with Crippen LogP contribution in [0.4, 0.5) is 9.93 Å². The molecule has 0 aliphatic heterocycles. The van der Waals surface area contributed by atoms with Gasteiger partial charge in [-0.25, -0.2) is 4.79 Å². The fraction of sp³-hybridized carbons (Fsp3) is 0.529. The molecule has 132 valence electrons. The van der Waals surface area contributed by atoms with Crippen LogP contribution in [0, 0.1) is 5.41 Å².